The number of hydrogen-bond donors (Lipinski definition) is 2. The lowest BCUT2D eigenvalue weighted by molar-refractivity contribution is -0.0609. The summed E-state index contributed by atoms with van der Waals surface area (Å²) in [6, 6.07) is -0.145. The Morgan fingerprint density at radius 1 is 1.63 bits per heavy atom. The van der Waals surface area contributed by atoms with Crippen LogP contribution in [0.4, 0.5) is 10.7 Å². The second-order valence-electron chi connectivity index (χ2n) is 5.32. The van der Waals surface area contributed by atoms with Crippen LogP contribution in [0, 0.1) is 0 Å². The van der Waals surface area contributed by atoms with E-state index in [1.807, 2.05) is 20.8 Å². The molecular formula is C12H21N5O2. The summed E-state index contributed by atoms with van der Waals surface area (Å²) in [7, 11) is 0. The van der Waals surface area contributed by atoms with Gasteiger partial charge in [-0.2, -0.15) is 0 Å². The topological polar surface area (TPSA) is 81.1 Å². The summed E-state index contributed by atoms with van der Waals surface area (Å²) in [6.45, 7) is 7.42. The number of nitrogens with one attached hydrogen (secondary N) is 2. The third-order valence-electron chi connectivity index (χ3n) is 3.12. The highest BCUT2D eigenvalue weighted by Gasteiger charge is 2.29. The number of ether oxygens (including phenoxy) is 1. The number of nitrogens with zero attached hydrogens (tertiary/aromatic N) is 3. The van der Waals surface area contributed by atoms with E-state index < -0.39 is 0 Å². The first kappa shape index (κ1) is 13.8. The molecule has 1 aliphatic heterocycles. The van der Waals surface area contributed by atoms with E-state index >= 15 is 0 Å². The second kappa shape index (κ2) is 5.56. The number of urea groups is 1. The minimum Gasteiger partial charge on any atom is -0.375 e. The molecule has 7 heteroatoms. The zero-order chi connectivity index (χ0) is 13.9. The van der Waals surface area contributed by atoms with Gasteiger partial charge in [0.1, 0.15) is 6.33 Å². The summed E-state index contributed by atoms with van der Waals surface area (Å²) in [5, 5.41) is 9.67. The van der Waals surface area contributed by atoms with Crippen molar-refractivity contribution in [2.45, 2.75) is 51.8 Å². The fraction of sp³-hybridized carbons (Fsp3) is 0.750. The van der Waals surface area contributed by atoms with Gasteiger partial charge in [-0.3, -0.25) is 10.00 Å². The van der Waals surface area contributed by atoms with Crippen LogP contribution in [0.15, 0.2) is 6.33 Å². The largest absolute Gasteiger partial charge is 0.375 e. The molecule has 0 aromatic carbocycles. The Balaban J connectivity index is 1.84. The summed E-state index contributed by atoms with van der Waals surface area (Å²) in [6.07, 6.45) is 3.22. The molecule has 0 radical (unpaired) electrons. The molecule has 0 saturated carbocycles. The SMILES string of the molecule is CCn1cnc(NC(=O)NC2CCOC(C)(C)C2)n1. The van der Waals surface area contributed by atoms with Crippen molar-refractivity contribution in [3.63, 3.8) is 0 Å². The molecule has 2 amide bonds. The number of amides is 2. The third-order valence-corrected chi connectivity index (χ3v) is 3.12. The molecule has 0 aliphatic carbocycles. The van der Waals surface area contributed by atoms with Crippen LogP contribution >= 0.6 is 0 Å². The van der Waals surface area contributed by atoms with Crippen molar-refractivity contribution in [3.8, 4) is 0 Å². The summed E-state index contributed by atoms with van der Waals surface area (Å²) < 4.78 is 7.27. The van der Waals surface area contributed by atoms with Crippen LogP contribution in [-0.2, 0) is 11.3 Å². The van der Waals surface area contributed by atoms with Gasteiger partial charge in [0.25, 0.3) is 0 Å². The van der Waals surface area contributed by atoms with E-state index in [0.29, 0.717) is 12.6 Å². The Labute approximate surface area is 112 Å². The Morgan fingerprint density at radius 3 is 3.05 bits per heavy atom. The van der Waals surface area contributed by atoms with Gasteiger partial charge in [-0.05, 0) is 33.6 Å². The van der Waals surface area contributed by atoms with Crippen LogP contribution in [0.5, 0.6) is 0 Å². The van der Waals surface area contributed by atoms with E-state index in [4.69, 9.17) is 4.74 Å². The molecule has 1 aromatic heterocycles. The Bertz CT molecular complexity index is 443. The lowest BCUT2D eigenvalue weighted by atomic mass is 9.94. The zero-order valence-electron chi connectivity index (χ0n) is 11.6. The average molecular weight is 267 g/mol. The fourth-order valence-corrected chi connectivity index (χ4v) is 2.18. The molecule has 1 saturated heterocycles. The lowest BCUT2D eigenvalue weighted by Gasteiger charge is -2.35. The van der Waals surface area contributed by atoms with Gasteiger partial charge in [-0.15, -0.1) is 5.10 Å². The highest BCUT2D eigenvalue weighted by atomic mass is 16.5. The molecular weight excluding hydrogens is 246 g/mol. The monoisotopic (exact) mass is 267 g/mol. The molecule has 2 rings (SSSR count). The molecule has 0 spiro atoms. The quantitative estimate of drug-likeness (QED) is 0.867. The summed E-state index contributed by atoms with van der Waals surface area (Å²) in [5.41, 5.74) is -0.182. The number of anilines is 1. The van der Waals surface area contributed by atoms with Crippen LogP contribution in [-0.4, -0.2) is 39.0 Å². The van der Waals surface area contributed by atoms with Crippen molar-refractivity contribution in [3.05, 3.63) is 6.33 Å². The molecule has 1 atom stereocenters. The first-order valence-electron chi connectivity index (χ1n) is 6.59. The van der Waals surface area contributed by atoms with Gasteiger partial charge in [-0.1, -0.05) is 0 Å². The molecule has 1 aliphatic rings. The fourth-order valence-electron chi connectivity index (χ4n) is 2.18. The predicted molar refractivity (Wildman–Crippen MR) is 70.9 cm³/mol. The standard InChI is InChI=1S/C12H21N5O2/c1-4-17-8-13-10(16-17)15-11(18)14-9-5-6-19-12(2,3)7-9/h8-9H,4-7H2,1-3H3,(H2,14,15,16,18). The predicted octanol–water partition coefficient (Wildman–Crippen LogP) is 1.38. The zero-order valence-corrected chi connectivity index (χ0v) is 11.6. The normalized spacial score (nSPS) is 21.9. The minimum absolute atomic E-state index is 0.122. The van der Waals surface area contributed by atoms with Crippen LogP contribution in [0.2, 0.25) is 0 Å². The van der Waals surface area contributed by atoms with Gasteiger partial charge in [0.15, 0.2) is 0 Å². The summed E-state index contributed by atoms with van der Waals surface area (Å²) >= 11 is 0. The maximum Gasteiger partial charge on any atom is 0.321 e. The van der Waals surface area contributed by atoms with Crippen molar-refractivity contribution in [1.29, 1.82) is 0 Å². The van der Waals surface area contributed by atoms with Crippen LogP contribution in [0.25, 0.3) is 0 Å². The van der Waals surface area contributed by atoms with Crippen LogP contribution in [0.1, 0.15) is 33.6 Å². The average Bonchev–Trinajstić information content (AvgIpc) is 2.75. The minimum atomic E-state index is -0.267. The number of aromatic nitrogens is 3. The number of rotatable bonds is 3. The Hall–Kier alpha value is -1.63. The van der Waals surface area contributed by atoms with E-state index in [9.17, 15) is 4.79 Å². The van der Waals surface area contributed by atoms with E-state index in [0.717, 1.165) is 19.4 Å². The van der Waals surface area contributed by atoms with Gasteiger partial charge < -0.3 is 10.1 Å². The van der Waals surface area contributed by atoms with Crippen molar-refractivity contribution < 1.29 is 9.53 Å². The van der Waals surface area contributed by atoms with Crippen molar-refractivity contribution in [2.75, 3.05) is 11.9 Å². The summed E-state index contributed by atoms with van der Waals surface area (Å²) in [4.78, 5) is 15.8. The van der Waals surface area contributed by atoms with Gasteiger partial charge in [0, 0.05) is 19.2 Å². The van der Waals surface area contributed by atoms with Crippen molar-refractivity contribution in [1.82, 2.24) is 20.1 Å². The molecule has 1 fully saturated rings. The van der Waals surface area contributed by atoms with Crippen molar-refractivity contribution >= 4 is 12.0 Å². The highest BCUT2D eigenvalue weighted by Crippen LogP contribution is 2.23. The highest BCUT2D eigenvalue weighted by molar-refractivity contribution is 5.87. The van der Waals surface area contributed by atoms with Crippen LogP contribution < -0.4 is 10.6 Å². The maximum atomic E-state index is 11.8. The smallest absolute Gasteiger partial charge is 0.321 e. The second-order valence-corrected chi connectivity index (χ2v) is 5.32. The molecule has 2 heterocycles. The lowest BCUT2D eigenvalue weighted by Crippen LogP contribution is -2.47. The van der Waals surface area contributed by atoms with E-state index in [-0.39, 0.29) is 17.7 Å². The van der Waals surface area contributed by atoms with Gasteiger partial charge in [0.2, 0.25) is 5.95 Å². The summed E-state index contributed by atoms with van der Waals surface area (Å²) in [5.74, 6) is 0.325. The maximum absolute atomic E-state index is 11.8. The first-order chi connectivity index (χ1) is 8.98. The third kappa shape index (κ3) is 3.92. The molecule has 1 unspecified atom stereocenters. The number of hydrogen-bond acceptors (Lipinski definition) is 4. The molecule has 19 heavy (non-hydrogen) atoms. The number of aryl methyl sites for hydroxylation is 1. The van der Waals surface area contributed by atoms with Gasteiger partial charge >= 0.3 is 6.03 Å². The molecule has 0 bridgehead atoms. The van der Waals surface area contributed by atoms with Gasteiger partial charge in [-0.25, -0.2) is 9.78 Å². The van der Waals surface area contributed by atoms with Crippen molar-refractivity contribution in [2.24, 2.45) is 0 Å². The number of carbonyl (C=O) groups is 1. The molecule has 106 valence electrons. The van der Waals surface area contributed by atoms with E-state index in [1.165, 1.54) is 0 Å². The van der Waals surface area contributed by atoms with Gasteiger partial charge in [0.05, 0.1) is 5.60 Å². The molecule has 7 nitrogen and oxygen atoms in total. The Kier molecular flexibility index (Phi) is 4.04. The Morgan fingerprint density at radius 2 is 2.42 bits per heavy atom. The molecule has 2 N–H and O–H groups in total. The molecule has 1 aromatic rings. The van der Waals surface area contributed by atoms with E-state index in [1.54, 1.807) is 11.0 Å². The van der Waals surface area contributed by atoms with E-state index in [2.05, 4.69) is 20.7 Å². The number of carbonyl (C=O) groups excluding carboxylic acids is 1. The first-order valence-corrected chi connectivity index (χ1v) is 6.59. The van der Waals surface area contributed by atoms with Crippen LogP contribution in [0.3, 0.4) is 0 Å².